The third-order valence-corrected chi connectivity index (χ3v) is 4.39. The summed E-state index contributed by atoms with van der Waals surface area (Å²) in [5, 5.41) is 3.39. The lowest BCUT2D eigenvalue weighted by atomic mass is 10.0. The quantitative estimate of drug-likeness (QED) is 0.878. The molecule has 1 saturated carbocycles. The third-order valence-electron chi connectivity index (χ3n) is 3.80. The highest BCUT2D eigenvalue weighted by atomic mass is 32.2. The lowest BCUT2D eigenvalue weighted by Gasteiger charge is -2.21. The second kappa shape index (κ2) is 5.99. The molecule has 0 saturated heterocycles. The molecule has 0 aromatic heterocycles. The second-order valence-corrected chi connectivity index (χ2v) is 7.17. The average Bonchev–Trinajstić information content (AvgIpc) is 2.79. The van der Waals surface area contributed by atoms with Crippen molar-refractivity contribution >= 4 is 21.4 Å². The minimum Gasteiger partial charge on any atom is -0.382 e. The SMILES string of the molecule is CCC1CCCC1Nc1ccc(F)c(NS(C)(=O)=O)c1. The van der Waals surface area contributed by atoms with Crippen LogP contribution in [0.25, 0.3) is 0 Å². The van der Waals surface area contributed by atoms with Crippen LogP contribution in [0.15, 0.2) is 18.2 Å². The Hall–Kier alpha value is -1.30. The molecule has 1 fully saturated rings. The number of halogens is 1. The van der Waals surface area contributed by atoms with Crippen molar-refractivity contribution in [2.24, 2.45) is 5.92 Å². The highest BCUT2D eigenvalue weighted by molar-refractivity contribution is 7.92. The first kappa shape index (κ1) is 15.1. The lowest BCUT2D eigenvalue weighted by Crippen LogP contribution is -2.23. The van der Waals surface area contributed by atoms with Crippen LogP contribution < -0.4 is 10.0 Å². The third kappa shape index (κ3) is 3.85. The molecule has 1 aliphatic carbocycles. The van der Waals surface area contributed by atoms with Crippen LogP contribution in [0.2, 0.25) is 0 Å². The van der Waals surface area contributed by atoms with Crippen molar-refractivity contribution in [1.82, 2.24) is 0 Å². The van der Waals surface area contributed by atoms with Gasteiger partial charge in [-0.05, 0) is 37.0 Å². The molecule has 0 bridgehead atoms. The van der Waals surface area contributed by atoms with Crippen molar-refractivity contribution in [3.8, 4) is 0 Å². The molecular weight excluding hydrogens is 279 g/mol. The highest BCUT2D eigenvalue weighted by Crippen LogP contribution is 2.31. The Bertz CT molecular complexity index is 575. The van der Waals surface area contributed by atoms with E-state index < -0.39 is 15.8 Å². The standard InChI is InChI=1S/C14H21FN2O2S/c1-3-10-5-4-6-13(10)16-11-7-8-12(15)14(9-11)17-20(2,18)19/h7-10,13,16-17H,3-6H2,1-2H3. The molecule has 1 aromatic carbocycles. The van der Waals surface area contributed by atoms with Crippen LogP contribution >= 0.6 is 0 Å². The Kier molecular flexibility index (Phi) is 4.52. The van der Waals surface area contributed by atoms with Crippen LogP contribution in [0.4, 0.5) is 15.8 Å². The van der Waals surface area contributed by atoms with Crippen LogP contribution in [0, 0.1) is 11.7 Å². The van der Waals surface area contributed by atoms with Gasteiger partial charge < -0.3 is 5.32 Å². The number of benzene rings is 1. The summed E-state index contributed by atoms with van der Waals surface area (Å²) < 4.78 is 38.2. The summed E-state index contributed by atoms with van der Waals surface area (Å²) in [4.78, 5) is 0. The van der Waals surface area contributed by atoms with E-state index in [1.54, 1.807) is 6.07 Å². The predicted octanol–water partition coefficient (Wildman–Crippen LogP) is 3.19. The molecule has 20 heavy (non-hydrogen) atoms. The van der Waals surface area contributed by atoms with E-state index in [-0.39, 0.29) is 5.69 Å². The summed E-state index contributed by atoms with van der Waals surface area (Å²) in [6.07, 6.45) is 5.64. The second-order valence-electron chi connectivity index (χ2n) is 5.42. The minimum absolute atomic E-state index is 0.0106. The summed E-state index contributed by atoms with van der Waals surface area (Å²) >= 11 is 0. The van der Waals surface area contributed by atoms with E-state index in [4.69, 9.17) is 0 Å². The molecule has 0 heterocycles. The first-order chi connectivity index (χ1) is 9.39. The fourth-order valence-corrected chi connectivity index (χ4v) is 3.38. The molecule has 0 radical (unpaired) electrons. The van der Waals surface area contributed by atoms with E-state index in [1.807, 2.05) is 0 Å². The molecule has 2 N–H and O–H groups in total. The Morgan fingerprint density at radius 3 is 2.75 bits per heavy atom. The number of anilines is 2. The predicted molar refractivity (Wildman–Crippen MR) is 79.9 cm³/mol. The molecule has 0 aliphatic heterocycles. The Balaban J connectivity index is 2.15. The van der Waals surface area contributed by atoms with Crippen molar-refractivity contribution in [2.45, 2.75) is 38.6 Å². The summed E-state index contributed by atoms with van der Waals surface area (Å²) in [6, 6.07) is 4.83. The summed E-state index contributed by atoms with van der Waals surface area (Å²) in [5.41, 5.74) is 0.742. The summed E-state index contributed by atoms with van der Waals surface area (Å²) in [7, 11) is -3.48. The summed E-state index contributed by atoms with van der Waals surface area (Å²) in [6.45, 7) is 2.17. The van der Waals surface area contributed by atoms with Gasteiger partial charge >= 0.3 is 0 Å². The van der Waals surface area contributed by atoms with Gasteiger partial charge in [-0.15, -0.1) is 0 Å². The van der Waals surface area contributed by atoms with Gasteiger partial charge in [-0.3, -0.25) is 4.72 Å². The van der Waals surface area contributed by atoms with Gasteiger partial charge in [0.05, 0.1) is 11.9 Å². The maximum Gasteiger partial charge on any atom is 0.229 e. The average molecular weight is 300 g/mol. The zero-order valence-corrected chi connectivity index (χ0v) is 12.6. The van der Waals surface area contributed by atoms with Crippen LogP contribution in [0.3, 0.4) is 0 Å². The minimum atomic E-state index is -3.48. The molecule has 2 rings (SSSR count). The van der Waals surface area contributed by atoms with Crippen LogP contribution in [-0.4, -0.2) is 20.7 Å². The van der Waals surface area contributed by atoms with Crippen molar-refractivity contribution in [3.63, 3.8) is 0 Å². The molecular formula is C14H21FN2O2S. The smallest absolute Gasteiger partial charge is 0.229 e. The normalized spacial score (nSPS) is 22.8. The molecule has 2 atom stereocenters. The van der Waals surface area contributed by atoms with E-state index in [9.17, 15) is 12.8 Å². The van der Waals surface area contributed by atoms with Gasteiger partial charge in [0.1, 0.15) is 5.82 Å². The van der Waals surface area contributed by atoms with Crippen molar-refractivity contribution < 1.29 is 12.8 Å². The topological polar surface area (TPSA) is 58.2 Å². The number of rotatable bonds is 5. The van der Waals surface area contributed by atoms with Crippen molar-refractivity contribution in [1.29, 1.82) is 0 Å². The van der Waals surface area contributed by atoms with Gasteiger partial charge in [-0.2, -0.15) is 0 Å². The molecule has 4 nitrogen and oxygen atoms in total. The Morgan fingerprint density at radius 1 is 1.35 bits per heavy atom. The van der Waals surface area contributed by atoms with Crippen LogP contribution in [0.5, 0.6) is 0 Å². The molecule has 0 spiro atoms. The molecule has 1 aliphatic rings. The largest absolute Gasteiger partial charge is 0.382 e. The number of sulfonamides is 1. The zero-order chi connectivity index (χ0) is 14.8. The van der Waals surface area contributed by atoms with E-state index in [2.05, 4.69) is 17.0 Å². The van der Waals surface area contributed by atoms with E-state index >= 15 is 0 Å². The zero-order valence-electron chi connectivity index (χ0n) is 11.8. The van der Waals surface area contributed by atoms with Crippen LogP contribution in [0.1, 0.15) is 32.6 Å². The van der Waals surface area contributed by atoms with Gasteiger partial charge in [-0.25, -0.2) is 12.8 Å². The first-order valence-corrected chi connectivity index (χ1v) is 8.82. The lowest BCUT2D eigenvalue weighted by molar-refractivity contribution is 0.489. The molecule has 112 valence electrons. The van der Waals surface area contributed by atoms with Crippen LogP contribution in [-0.2, 0) is 10.0 Å². The van der Waals surface area contributed by atoms with E-state index in [1.165, 1.54) is 25.0 Å². The number of hydrogen-bond donors (Lipinski definition) is 2. The number of nitrogens with one attached hydrogen (secondary N) is 2. The molecule has 2 unspecified atom stereocenters. The van der Waals surface area contributed by atoms with Crippen molar-refractivity contribution in [3.05, 3.63) is 24.0 Å². The molecule has 0 amide bonds. The van der Waals surface area contributed by atoms with Crippen molar-refractivity contribution in [2.75, 3.05) is 16.3 Å². The highest BCUT2D eigenvalue weighted by Gasteiger charge is 2.25. The van der Waals surface area contributed by atoms with E-state index in [0.717, 1.165) is 24.8 Å². The first-order valence-electron chi connectivity index (χ1n) is 6.93. The fraction of sp³-hybridized carbons (Fsp3) is 0.571. The maximum absolute atomic E-state index is 13.6. The molecule has 6 heteroatoms. The monoisotopic (exact) mass is 300 g/mol. The Morgan fingerprint density at radius 2 is 2.10 bits per heavy atom. The fourth-order valence-electron chi connectivity index (χ4n) is 2.82. The summed E-state index contributed by atoms with van der Waals surface area (Å²) in [5.74, 6) is 0.0609. The van der Waals surface area contributed by atoms with Gasteiger partial charge in [0.25, 0.3) is 0 Å². The maximum atomic E-state index is 13.6. The van der Waals surface area contributed by atoms with Gasteiger partial charge in [0, 0.05) is 11.7 Å². The van der Waals surface area contributed by atoms with Gasteiger partial charge in [-0.1, -0.05) is 19.8 Å². The van der Waals surface area contributed by atoms with E-state index in [0.29, 0.717) is 12.0 Å². The van der Waals surface area contributed by atoms with Gasteiger partial charge in [0.15, 0.2) is 0 Å². The molecule has 1 aromatic rings. The van der Waals surface area contributed by atoms with Gasteiger partial charge in [0.2, 0.25) is 10.0 Å². The Labute approximate surface area is 119 Å². The number of hydrogen-bond acceptors (Lipinski definition) is 3.